The molecule has 1 aromatic carbocycles. The average Bonchev–Trinajstić information content (AvgIpc) is 3.20. The van der Waals surface area contributed by atoms with Gasteiger partial charge in [0.25, 0.3) is 0 Å². The van der Waals surface area contributed by atoms with Gasteiger partial charge >= 0.3 is 0 Å². The van der Waals surface area contributed by atoms with Crippen LogP contribution in [-0.2, 0) is 13.1 Å². The summed E-state index contributed by atoms with van der Waals surface area (Å²) in [5.41, 5.74) is 5.03. The number of nitrogens with one attached hydrogen (secondary N) is 1. The summed E-state index contributed by atoms with van der Waals surface area (Å²) in [7, 11) is 0. The van der Waals surface area contributed by atoms with Crippen LogP contribution in [0.25, 0.3) is 0 Å². The molecule has 106 valence electrons. The normalized spacial score (nSPS) is 14.8. The average molecular weight is 334 g/mol. The summed E-state index contributed by atoms with van der Waals surface area (Å²) in [5, 5.41) is 8.28. The molecule has 1 aliphatic rings. The van der Waals surface area contributed by atoms with E-state index in [0.29, 0.717) is 0 Å². The van der Waals surface area contributed by atoms with Gasteiger partial charge in [0.05, 0.1) is 12.2 Å². The fourth-order valence-corrected chi connectivity index (χ4v) is 2.88. The number of aryl methyl sites for hydroxylation is 1. The summed E-state index contributed by atoms with van der Waals surface area (Å²) < 4.78 is 3.25. The lowest BCUT2D eigenvalue weighted by molar-refractivity contribution is 0.650. The lowest BCUT2D eigenvalue weighted by atomic mass is 10.2. The zero-order valence-corrected chi connectivity index (χ0v) is 13.6. The van der Waals surface area contributed by atoms with Gasteiger partial charge in [0.2, 0.25) is 0 Å². The Hall–Kier alpha value is -1.13. The van der Waals surface area contributed by atoms with Gasteiger partial charge in [0.15, 0.2) is 0 Å². The molecule has 0 spiro atoms. The molecule has 1 aliphatic carbocycles. The first-order valence-corrected chi connectivity index (χ1v) is 7.94. The van der Waals surface area contributed by atoms with Gasteiger partial charge in [-0.1, -0.05) is 34.1 Å². The number of rotatable bonds is 5. The van der Waals surface area contributed by atoms with Crippen molar-refractivity contribution in [2.45, 2.75) is 45.8 Å². The zero-order chi connectivity index (χ0) is 14.1. The van der Waals surface area contributed by atoms with E-state index in [1.165, 1.54) is 29.7 Å². The molecule has 0 bridgehead atoms. The zero-order valence-electron chi connectivity index (χ0n) is 12.0. The summed E-state index contributed by atoms with van der Waals surface area (Å²) >= 11 is 3.61. The van der Waals surface area contributed by atoms with Gasteiger partial charge < -0.3 is 5.32 Å². The van der Waals surface area contributed by atoms with Crippen molar-refractivity contribution in [3.63, 3.8) is 0 Å². The maximum Gasteiger partial charge on any atom is 0.0673 e. The van der Waals surface area contributed by atoms with E-state index < -0.39 is 0 Å². The van der Waals surface area contributed by atoms with Crippen LogP contribution >= 0.6 is 15.9 Å². The minimum absolute atomic E-state index is 0.736. The van der Waals surface area contributed by atoms with E-state index in [1.54, 1.807) is 0 Å². The molecule has 20 heavy (non-hydrogen) atoms. The summed E-state index contributed by atoms with van der Waals surface area (Å²) in [6.45, 7) is 6.03. The number of nitrogens with zero attached hydrogens (tertiary/aromatic N) is 2. The van der Waals surface area contributed by atoms with Crippen LogP contribution in [0.15, 0.2) is 28.7 Å². The first kappa shape index (κ1) is 13.8. The van der Waals surface area contributed by atoms with E-state index in [4.69, 9.17) is 5.10 Å². The fraction of sp³-hybridized carbons (Fsp3) is 0.438. The molecule has 0 unspecified atom stereocenters. The van der Waals surface area contributed by atoms with E-state index in [0.717, 1.165) is 29.3 Å². The summed E-state index contributed by atoms with van der Waals surface area (Å²) in [5.74, 6) is 0. The third-order valence-corrected chi connectivity index (χ3v) is 4.73. The lowest BCUT2D eigenvalue weighted by Gasteiger charge is -2.08. The predicted octanol–water partition coefficient (Wildman–Crippen LogP) is 3.56. The lowest BCUT2D eigenvalue weighted by Crippen LogP contribution is -2.16. The second-order valence-electron chi connectivity index (χ2n) is 5.55. The van der Waals surface area contributed by atoms with Crippen molar-refractivity contribution in [3.8, 4) is 0 Å². The highest BCUT2D eigenvalue weighted by Crippen LogP contribution is 2.22. The fourth-order valence-electron chi connectivity index (χ4n) is 2.47. The van der Waals surface area contributed by atoms with Gasteiger partial charge in [-0.3, -0.25) is 4.68 Å². The smallest absolute Gasteiger partial charge is 0.0673 e. The Morgan fingerprint density at radius 2 is 2.05 bits per heavy atom. The van der Waals surface area contributed by atoms with Crippen molar-refractivity contribution in [1.29, 1.82) is 0 Å². The van der Waals surface area contributed by atoms with Gasteiger partial charge in [0, 0.05) is 28.3 Å². The van der Waals surface area contributed by atoms with Crippen molar-refractivity contribution < 1.29 is 0 Å². The molecule has 1 fully saturated rings. The number of benzene rings is 1. The molecule has 3 nitrogen and oxygen atoms in total. The first-order valence-electron chi connectivity index (χ1n) is 7.15. The number of aromatic nitrogens is 2. The SMILES string of the molecule is Cc1nn(Cc2ccccc2Br)c(C)c1CNC1CC1. The second-order valence-corrected chi connectivity index (χ2v) is 6.41. The Labute approximate surface area is 128 Å². The van der Waals surface area contributed by atoms with E-state index in [2.05, 4.69) is 58.0 Å². The van der Waals surface area contributed by atoms with Gasteiger partial charge in [-0.15, -0.1) is 0 Å². The topological polar surface area (TPSA) is 29.9 Å². The molecule has 3 rings (SSSR count). The summed E-state index contributed by atoms with van der Waals surface area (Å²) in [4.78, 5) is 0. The predicted molar refractivity (Wildman–Crippen MR) is 84.8 cm³/mol. The second kappa shape index (κ2) is 5.70. The standard InChI is InChI=1S/C16H20BrN3/c1-11-15(9-18-14-7-8-14)12(2)20(19-11)10-13-5-3-4-6-16(13)17/h3-6,14,18H,7-10H2,1-2H3. The third-order valence-electron chi connectivity index (χ3n) is 3.95. The van der Waals surface area contributed by atoms with E-state index >= 15 is 0 Å². The summed E-state index contributed by atoms with van der Waals surface area (Å²) in [6.07, 6.45) is 2.65. The third kappa shape index (κ3) is 2.96. The summed E-state index contributed by atoms with van der Waals surface area (Å²) in [6, 6.07) is 9.07. The quantitative estimate of drug-likeness (QED) is 0.906. The highest BCUT2D eigenvalue weighted by atomic mass is 79.9. The first-order chi connectivity index (χ1) is 9.65. The number of hydrogen-bond donors (Lipinski definition) is 1. The van der Waals surface area contributed by atoms with Crippen molar-refractivity contribution in [1.82, 2.24) is 15.1 Å². The van der Waals surface area contributed by atoms with Gasteiger partial charge in [-0.05, 0) is 38.3 Å². The van der Waals surface area contributed by atoms with Crippen LogP contribution in [0.4, 0.5) is 0 Å². The molecule has 1 saturated carbocycles. The van der Waals surface area contributed by atoms with Crippen molar-refractivity contribution >= 4 is 15.9 Å². The monoisotopic (exact) mass is 333 g/mol. The van der Waals surface area contributed by atoms with Gasteiger partial charge in [-0.25, -0.2) is 0 Å². The van der Waals surface area contributed by atoms with Gasteiger partial charge in [-0.2, -0.15) is 5.10 Å². The molecular formula is C16H20BrN3. The highest BCUT2D eigenvalue weighted by molar-refractivity contribution is 9.10. The molecule has 2 aromatic rings. The maximum atomic E-state index is 4.70. The molecule has 0 aliphatic heterocycles. The van der Waals surface area contributed by atoms with Crippen LogP contribution in [-0.4, -0.2) is 15.8 Å². The van der Waals surface area contributed by atoms with Gasteiger partial charge in [0.1, 0.15) is 0 Å². The molecule has 0 amide bonds. The van der Waals surface area contributed by atoms with E-state index in [9.17, 15) is 0 Å². The van der Waals surface area contributed by atoms with Crippen molar-refractivity contribution in [2.75, 3.05) is 0 Å². The van der Waals surface area contributed by atoms with Crippen LogP contribution in [0.1, 0.15) is 35.4 Å². The molecule has 1 aromatic heterocycles. The van der Waals surface area contributed by atoms with Crippen LogP contribution in [0.3, 0.4) is 0 Å². The largest absolute Gasteiger partial charge is 0.310 e. The Bertz CT molecular complexity index is 614. The van der Waals surface area contributed by atoms with Crippen molar-refractivity contribution in [3.05, 3.63) is 51.3 Å². The molecule has 0 atom stereocenters. The van der Waals surface area contributed by atoms with Crippen LogP contribution < -0.4 is 5.32 Å². The Balaban J connectivity index is 1.79. The Morgan fingerprint density at radius 3 is 2.75 bits per heavy atom. The molecule has 0 radical (unpaired) electrons. The molecule has 0 saturated heterocycles. The van der Waals surface area contributed by atoms with Crippen LogP contribution in [0.5, 0.6) is 0 Å². The molecule has 1 heterocycles. The minimum Gasteiger partial charge on any atom is -0.310 e. The molecular weight excluding hydrogens is 314 g/mol. The highest BCUT2D eigenvalue weighted by Gasteiger charge is 2.21. The van der Waals surface area contributed by atoms with E-state index in [1.807, 2.05) is 6.07 Å². The Kier molecular flexibility index (Phi) is 3.94. The Morgan fingerprint density at radius 1 is 1.30 bits per heavy atom. The minimum atomic E-state index is 0.736. The number of hydrogen-bond acceptors (Lipinski definition) is 2. The van der Waals surface area contributed by atoms with Crippen LogP contribution in [0, 0.1) is 13.8 Å². The molecule has 4 heteroatoms. The van der Waals surface area contributed by atoms with E-state index in [-0.39, 0.29) is 0 Å². The maximum absolute atomic E-state index is 4.70. The van der Waals surface area contributed by atoms with Crippen LogP contribution in [0.2, 0.25) is 0 Å². The number of halogens is 1. The van der Waals surface area contributed by atoms with Crippen molar-refractivity contribution in [2.24, 2.45) is 0 Å². The molecule has 1 N–H and O–H groups in total.